The molecule has 0 radical (unpaired) electrons. The molecular weight excluding hydrogens is 618 g/mol. The van der Waals surface area contributed by atoms with Crippen LogP contribution in [0, 0.1) is 0 Å². The summed E-state index contributed by atoms with van der Waals surface area (Å²) in [6, 6.07) is 15.5. The van der Waals surface area contributed by atoms with Crippen LogP contribution in [0.25, 0.3) is 32.7 Å². The SMILES string of the molecule is CC(C)c1cc(C(C)C)c(S(=O)(=O)Oc2nc(-c3ccncc3)nc3c(-c4ccc(Br)cc4)csc23)c(C(C)C)c1. The lowest BCUT2D eigenvalue weighted by molar-refractivity contribution is 0.476. The summed E-state index contributed by atoms with van der Waals surface area (Å²) in [4.78, 5) is 13.9. The predicted octanol–water partition coefficient (Wildman–Crippen LogP) is 9.32. The van der Waals surface area contributed by atoms with Crippen LogP contribution in [0.4, 0.5) is 0 Å². The number of nitrogens with zero attached hydrogens (tertiary/aromatic N) is 3. The summed E-state index contributed by atoms with van der Waals surface area (Å²) in [7, 11) is -4.26. The van der Waals surface area contributed by atoms with Crippen molar-refractivity contribution >= 4 is 47.6 Å². The van der Waals surface area contributed by atoms with Gasteiger partial charge in [0.05, 0.1) is 5.52 Å². The minimum Gasteiger partial charge on any atom is -0.356 e. The van der Waals surface area contributed by atoms with Crippen LogP contribution in [-0.2, 0) is 10.1 Å². The molecule has 0 N–H and O–H groups in total. The van der Waals surface area contributed by atoms with Crippen molar-refractivity contribution in [3.8, 4) is 28.4 Å². The van der Waals surface area contributed by atoms with Crippen molar-refractivity contribution in [2.75, 3.05) is 0 Å². The van der Waals surface area contributed by atoms with E-state index in [2.05, 4.69) is 39.7 Å². The maximum Gasteiger partial charge on any atom is 0.341 e. The van der Waals surface area contributed by atoms with Crippen molar-refractivity contribution in [1.82, 2.24) is 15.0 Å². The number of aromatic nitrogens is 3. The average molecular weight is 651 g/mol. The van der Waals surface area contributed by atoms with Crippen LogP contribution in [0.2, 0.25) is 0 Å². The van der Waals surface area contributed by atoms with Crippen LogP contribution in [0.15, 0.2) is 75.7 Å². The first-order valence-corrected chi connectivity index (χ1v) is 16.6. The summed E-state index contributed by atoms with van der Waals surface area (Å²) in [5.41, 5.74) is 5.79. The second-order valence-electron chi connectivity index (χ2n) is 11.0. The fourth-order valence-corrected chi connectivity index (χ4v) is 7.57. The van der Waals surface area contributed by atoms with Crippen LogP contribution >= 0.6 is 27.3 Å². The summed E-state index contributed by atoms with van der Waals surface area (Å²) in [5.74, 6) is 0.596. The Hall–Kier alpha value is -3.14. The van der Waals surface area contributed by atoms with Gasteiger partial charge < -0.3 is 4.18 Å². The molecule has 0 amide bonds. The van der Waals surface area contributed by atoms with E-state index in [0.29, 0.717) is 21.6 Å². The quantitative estimate of drug-likeness (QED) is 0.156. The fourth-order valence-electron chi connectivity index (χ4n) is 4.74. The molecule has 3 aromatic heterocycles. The molecule has 0 atom stereocenters. The van der Waals surface area contributed by atoms with E-state index >= 15 is 0 Å². The predicted molar refractivity (Wildman–Crippen MR) is 170 cm³/mol. The molecule has 5 aromatic rings. The highest BCUT2D eigenvalue weighted by molar-refractivity contribution is 9.10. The zero-order chi connectivity index (χ0) is 29.5. The normalized spacial score (nSPS) is 12.1. The van der Waals surface area contributed by atoms with Gasteiger partial charge in [0.2, 0.25) is 0 Å². The first-order chi connectivity index (χ1) is 19.5. The number of fused-ring (bicyclic) bond motifs is 1. The molecule has 0 saturated carbocycles. The van der Waals surface area contributed by atoms with Gasteiger partial charge in [-0.05, 0) is 64.3 Å². The molecule has 0 aliphatic heterocycles. The third-order valence-electron chi connectivity index (χ3n) is 7.00. The van der Waals surface area contributed by atoms with E-state index in [1.165, 1.54) is 11.3 Å². The molecule has 5 rings (SSSR count). The van der Waals surface area contributed by atoms with Crippen LogP contribution in [-0.4, -0.2) is 23.4 Å². The number of benzene rings is 2. The van der Waals surface area contributed by atoms with Gasteiger partial charge in [0.15, 0.2) is 5.82 Å². The Morgan fingerprint density at radius 2 is 1.41 bits per heavy atom. The van der Waals surface area contributed by atoms with Gasteiger partial charge in [-0.3, -0.25) is 4.98 Å². The number of hydrogen-bond donors (Lipinski definition) is 0. The Morgan fingerprint density at radius 1 is 0.805 bits per heavy atom. The highest BCUT2D eigenvalue weighted by atomic mass is 79.9. The fraction of sp³-hybridized carbons (Fsp3) is 0.281. The van der Waals surface area contributed by atoms with Gasteiger partial charge in [-0.25, -0.2) is 4.98 Å². The second kappa shape index (κ2) is 11.6. The summed E-state index contributed by atoms with van der Waals surface area (Å²) in [6.07, 6.45) is 3.31. The number of halogens is 1. The number of thiophene rings is 1. The molecule has 0 aliphatic rings. The molecule has 41 heavy (non-hydrogen) atoms. The summed E-state index contributed by atoms with van der Waals surface area (Å²) >= 11 is 4.86. The van der Waals surface area contributed by atoms with Crippen LogP contribution in [0.3, 0.4) is 0 Å². The van der Waals surface area contributed by atoms with Gasteiger partial charge in [0.1, 0.15) is 9.60 Å². The molecule has 0 spiro atoms. The molecule has 2 aromatic carbocycles. The monoisotopic (exact) mass is 649 g/mol. The Morgan fingerprint density at radius 3 is 1.98 bits per heavy atom. The molecule has 6 nitrogen and oxygen atoms in total. The molecule has 0 bridgehead atoms. The van der Waals surface area contributed by atoms with Gasteiger partial charge in [0.25, 0.3) is 5.88 Å². The zero-order valence-corrected chi connectivity index (χ0v) is 27.1. The van der Waals surface area contributed by atoms with Crippen molar-refractivity contribution in [1.29, 1.82) is 0 Å². The van der Waals surface area contributed by atoms with Crippen molar-refractivity contribution in [3.63, 3.8) is 0 Å². The van der Waals surface area contributed by atoms with Gasteiger partial charge in [-0.2, -0.15) is 13.4 Å². The first kappa shape index (κ1) is 29.4. The van der Waals surface area contributed by atoms with E-state index < -0.39 is 10.1 Å². The van der Waals surface area contributed by atoms with Gasteiger partial charge in [0, 0.05) is 33.4 Å². The van der Waals surface area contributed by atoms with Gasteiger partial charge >= 0.3 is 10.1 Å². The Bertz CT molecular complexity index is 1790. The largest absolute Gasteiger partial charge is 0.356 e. The number of hydrogen-bond acceptors (Lipinski definition) is 7. The van der Waals surface area contributed by atoms with Crippen LogP contribution < -0.4 is 4.18 Å². The molecule has 0 fully saturated rings. The first-order valence-electron chi connectivity index (χ1n) is 13.5. The molecular formula is C32H32BrN3O3S2. The Balaban J connectivity index is 1.73. The van der Waals surface area contributed by atoms with Crippen molar-refractivity contribution in [2.45, 2.75) is 64.2 Å². The average Bonchev–Trinajstić information content (AvgIpc) is 3.37. The number of rotatable bonds is 8. The summed E-state index contributed by atoms with van der Waals surface area (Å²) < 4.78 is 36.0. The van der Waals surface area contributed by atoms with Crippen molar-refractivity contribution < 1.29 is 12.6 Å². The van der Waals surface area contributed by atoms with Crippen molar-refractivity contribution in [2.24, 2.45) is 0 Å². The molecule has 9 heteroatoms. The summed E-state index contributed by atoms with van der Waals surface area (Å²) in [6.45, 7) is 12.3. The standard InChI is InChI=1S/C32H32BrN3O3S2/c1-18(2)23-15-25(19(3)4)30(26(16-23)20(5)6)41(37,38)39-32-29-28(35-31(36-32)22-11-13-34-14-12-22)27(17-40-29)21-7-9-24(33)10-8-21/h7-20H,1-6H3. The lowest BCUT2D eigenvalue weighted by atomic mass is 9.89. The van der Waals surface area contributed by atoms with E-state index in [1.807, 2.05) is 69.5 Å². The van der Waals surface area contributed by atoms with Crippen molar-refractivity contribution in [3.05, 3.63) is 87.5 Å². The molecule has 0 aliphatic carbocycles. The van der Waals surface area contributed by atoms with E-state index in [4.69, 9.17) is 9.17 Å². The lowest BCUT2D eigenvalue weighted by Crippen LogP contribution is -2.18. The third kappa shape index (κ3) is 5.94. The second-order valence-corrected chi connectivity index (χ2v) is 14.2. The molecule has 0 saturated heterocycles. The highest BCUT2D eigenvalue weighted by Crippen LogP contribution is 2.41. The maximum absolute atomic E-state index is 14.2. The van der Waals surface area contributed by atoms with Gasteiger partial charge in [-0.15, -0.1) is 11.3 Å². The highest BCUT2D eigenvalue weighted by Gasteiger charge is 2.30. The molecule has 0 unspecified atom stereocenters. The smallest absolute Gasteiger partial charge is 0.341 e. The van der Waals surface area contributed by atoms with E-state index in [9.17, 15) is 8.42 Å². The van der Waals surface area contributed by atoms with Gasteiger partial charge in [-0.1, -0.05) is 81.7 Å². The summed E-state index contributed by atoms with van der Waals surface area (Å²) in [5, 5.41) is 1.97. The minimum atomic E-state index is -4.26. The maximum atomic E-state index is 14.2. The van der Waals surface area contributed by atoms with E-state index in [0.717, 1.165) is 32.3 Å². The Labute approximate surface area is 254 Å². The minimum absolute atomic E-state index is 0.0209. The number of pyridine rings is 1. The van der Waals surface area contributed by atoms with E-state index in [1.54, 1.807) is 24.5 Å². The van der Waals surface area contributed by atoms with Crippen LogP contribution in [0.5, 0.6) is 5.88 Å². The molecule has 3 heterocycles. The topological polar surface area (TPSA) is 82.0 Å². The zero-order valence-electron chi connectivity index (χ0n) is 23.8. The van der Waals surface area contributed by atoms with E-state index in [-0.39, 0.29) is 28.5 Å². The third-order valence-corrected chi connectivity index (χ3v) is 9.83. The molecule has 212 valence electrons. The lowest BCUT2D eigenvalue weighted by Gasteiger charge is -2.22. The van der Waals surface area contributed by atoms with Crippen LogP contribution in [0.1, 0.15) is 76.0 Å². The Kier molecular flexibility index (Phi) is 8.32.